The molecule has 0 radical (unpaired) electrons. The molecule has 0 atom stereocenters. The van der Waals surface area contributed by atoms with Gasteiger partial charge in [0.2, 0.25) is 0 Å². The average Bonchev–Trinajstić information content (AvgIpc) is 2.44. The second-order valence-corrected chi connectivity index (χ2v) is 4.13. The second-order valence-electron chi connectivity index (χ2n) is 4.13. The van der Waals surface area contributed by atoms with Crippen LogP contribution in [0.5, 0.6) is 0 Å². The fraction of sp³-hybridized carbons (Fsp3) is 0.357. The van der Waals surface area contributed by atoms with E-state index in [9.17, 15) is 14.4 Å². The third kappa shape index (κ3) is 6.53. The van der Waals surface area contributed by atoms with Crippen LogP contribution in [-0.2, 0) is 20.7 Å². The van der Waals surface area contributed by atoms with Crippen molar-refractivity contribution in [3.8, 4) is 0 Å². The topological polar surface area (TPSA) is 84.5 Å². The van der Waals surface area contributed by atoms with E-state index in [1.54, 1.807) is 12.1 Å². The number of carbonyl (C=O) groups is 3. The van der Waals surface area contributed by atoms with Gasteiger partial charge in [0.05, 0.1) is 6.42 Å². The summed E-state index contributed by atoms with van der Waals surface area (Å²) in [5.41, 5.74) is 0.804. The number of hydrogen-bond donors (Lipinski definition) is 2. The van der Waals surface area contributed by atoms with Crippen molar-refractivity contribution in [1.82, 2.24) is 10.6 Å². The maximum Gasteiger partial charge on any atom is 0.321 e. The van der Waals surface area contributed by atoms with E-state index < -0.39 is 24.5 Å². The van der Waals surface area contributed by atoms with E-state index >= 15 is 0 Å². The van der Waals surface area contributed by atoms with E-state index in [0.717, 1.165) is 12.0 Å². The average molecular weight is 278 g/mol. The van der Waals surface area contributed by atoms with Gasteiger partial charge in [-0.25, -0.2) is 4.79 Å². The Labute approximate surface area is 117 Å². The maximum atomic E-state index is 11.5. The number of benzene rings is 1. The van der Waals surface area contributed by atoms with Crippen LogP contribution in [0, 0.1) is 0 Å². The number of rotatable bonds is 6. The lowest BCUT2D eigenvalue weighted by Gasteiger charge is -2.06. The monoisotopic (exact) mass is 278 g/mol. The molecule has 0 fully saturated rings. The Kier molecular flexibility index (Phi) is 6.81. The normalized spacial score (nSPS) is 9.65. The molecular weight excluding hydrogens is 260 g/mol. The van der Waals surface area contributed by atoms with Crippen LogP contribution in [0.25, 0.3) is 0 Å². The Balaban J connectivity index is 2.23. The standard InChI is InChI=1S/C14H18N2O4/c1-2-8-15-14(19)16-12(17)10-20-13(18)9-11-6-4-3-5-7-11/h3-7H,2,8-10H2,1H3,(H2,15,16,17,19). The molecule has 0 aromatic heterocycles. The summed E-state index contributed by atoms with van der Waals surface area (Å²) in [6.45, 7) is 1.91. The molecule has 0 saturated carbocycles. The molecule has 6 heteroatoms. The third-order valence-electron chi connectivity index (χ3n) is 2.34. The fourth-order valence-electron chi connectivity index (χ4n) is 1.41. The van der Waals surface area contributed by atoms with Crippen LogP contribution < -0.4 is 10.6 Å². The van der Waals surface area contributed by atoms with Gasteiger partial charge in [0, 0.05) is 6.54 Å². The molecule has 1 aromatic rings. The highest BCUT2D eigenvalue weighted by atomic mass is 16.5. The van der Waals surface area contributed by atoms with Crippen molar-refractivity contribution in [2.75, 3.05) is 13.2 Å². The Morgan fingerprint density at radius 2 is 1.85 bits per heavy atom. The molecule has 0 unspecified atom stereocenters. The minimum absolute atomic E-state index is 0.0934. The van der Waals surface area contributed by atoms with Gasteiger partial charge < -0.3 is 10.1 Å². The van der Waals surface area contributed by atoms with Gasteiger partial charge in [-0.1, -0.05) is 37.3 Å². The molecule has 1 aromatic carbocycles. The van der Waals surface area contributed by atoms with Gasteiger partial charge in [-0.05, 0) is 12.0 Å². The summed E-state index contributed by atoms with van der Waals surface area (Å²) in [5, 5.41) is 4.55. The number of esters is 1. The molecule has 1 rings (SSSR count). The lowest BCUT2D eigenvalue weighted by molar-refractivity contribution is -0.147. The summed E-state index contributed by atoms with van der Waals surface area (Å²) < 4.78 is 4.78. The highest BCUT2D eigenvalue weighted by Gasteiger charge is 2.10. The van der Waals surface area contributed by atoms with E-state index in [1.807, 2.05) is 25.1 Å². The fourth-order valence-corrected chi connectivity index (χ4v) is 1.41. The molecule has 0 aliphatic rings. The van der Waals surface area contributed by atoms with Crippen molar-refractivity contribution in [3.63, 3.8) is 0 Å². The van der Waals surface area contributed by atoms with Gasteiger partial charge in [0.1, 0.15) is 0 Å². The van der Waals surface area contributed by atoms with Crippen molar-refractivity contribution < 1.29 is 19.1 Å². The molecule has 108 valence electrons. The van der Waals surface area contributed by atoms with Gasteiger partial charge >= 0.3 is 12.0 Å². The zero-order chi connectivity index (χ0) is 14.8. The van der Waals surface area contributed by atoms with Crippen LogP contribution in [0.3, 0.4) is 0 Å². The Morgan fingerprint density at radius 1 is 1.15 bits per heavy atom. The summed E-state index contributed by atoms with van der Waals surface area (Å²) in [4.78, 5) is 34.0. The molecule has 0 spiro atoms. The third-order valence-corrected chi connectivity index (χ3v) is 2.34. The minimum atomic E-state index is -0.653. The first kappa shape index (κ1) is 15.7. The Hall–Kier alpha value is -2.37. The van der Waals surface area contributed by atoms with Gasteiger partial charge in [0.15, 0.2) is 6.61 Å². The predicted molar refractivity (Wildman–Crippen MR) is 72.9 cm³/mol. The summed E-state index contributed by atoms with van der Waals surface area (Å²) in [6, 6.07) is 8.47. The smallest absolute Gasteiger partial charge is 0.321 e. The Morgan fingerprint density at radius 3 is 2.50 bits per heavy atom. The van der Waals surface area contributed by atoms with Crippen molar-refractivity contribution in [1.29, 1.82) is 0 Å². The SMILES string of the molecule is CCCNC(=O)NC(=O)COC(=O)Cc1ccccc1. The van der Waals surface area contributed by atoms with Crippen molar-refractivity contribution in [2.24, 2.45) is 0 Å². The van der Waals surface area contributed by atoms with Crippen LogP contribution in [0.15, 0.2) is 30.3 Å². The molecule has 6 nitrogen and oxygen atoms in total. The minimum Gasteiger partial charge on any atom is -0.455 e. The summed E-state index contributed by atoms with van der Waals surface area (Å²) >= 11 is 0. The van der Waals surface area contributed by atoms with Gasteiger partial charge in [-0.2, -0.15) is 0 Å². The maximum absolute atomic E-state index is 11.5. The van der Waals surface area contributed by atoms with Gasteiger partial charge in [0.25, 0.3) is 5.91 Å². The first-order valence-electron chi connectivity index (χ1n) is 6.39. The predicted octanol–water partition coefficient (Wildman–Crippen LogP) is 1.01. The number of ether oxygens (including phenoxy) is 1. The van der Waals surface area contributed by atoms with E-state index in [2.05, 4.69) is 10.6 Å². The second kappa shape index (κ2) is 8.68. The van der Waals surface area contributed by atoms with Crippen molar-refractivity contribution >= 4 is 17.9 Å². The van der Waals surface area contributed by atoms with Crippen LogP contribution in [0.2, 0.25) is 0 Å². The Bertz CT molecular complexity index is 460. The lowest BCUT2D eigenvalue weighted by Crippen LogP contribution is -2.41. The highest BCUT2D eigenvalue weighted by Crippen LogP contribution is 2.00. The number of nitrogens with one attached hydrogen (secondary N) is 2. The molecule has 20 heavy (non-hydrogen) atoms. The van der Waals surface area contributed by atoms with Crippen LogP contribution in [0.1, 0.15) is 18.9 Å². The number of urea groups is 1. The molecule has 0 heterocycles. The van der Waals surface area contributed by atoms with Crippen LogP contribution >= 0.6 is 0 Å². The quantitative estimate of drug-likeness (QED) is 0.760. The van der Waals surface area contributed by atoms with E-state index in [1.165, 1.54) is 0 Å². The molecule has 0 aliphatic carbocycles. The summed E-state index contributed by atoms with van der Waals surface area (Å²) in [7, 11) is 0. The first-order chi connectivity index (χ1) is 9.61. The summed E-state index contributed by atoms with van der Waals surface area (Å²) in [5.74, 6) is -1.17. The number of hydrogen-bond acceptors (Lipinski definition) is 4. The van der Waals surface area contributed by atoms with Crippen molar-refractivity contribution in [2.45, 2.75) is 19.8 Å². The number of amides is 3. The molecule has 0 saturated heterocycles. The molecule has 0 aliphatic heterocycles. The van der Waals surface area contributed by atoms with Crippen LogP contribution in [-0.4, -0.2) is 31.1 Å². The van der Waals surface area contributed by atoms with E-state index in [0.29, 0.717) is 6.54 Å². The van der Waals surface area contributed by atoms with Gasteiger partial charge in [-0.3, -0.25) is 14.9 Å². The first-order valence-corrected chi connectivity index (χ1v) is 6.39. The number of carbonyl (C=O) groups excluding carboxylic acids is 3. The molecule has 0 bridgehead atoms. The van der Waals surface area contributed by atoms with E-state index in [4.69, 9.17) is 4.74 Å². The largest absolute Gasteiger partial charge is 0.455 e. The number of imide groups is 1. The van der Waals surface area contributed by atoms with E-state index in [-0.39, 0.29) is 6.42 Å². The van der Waals surface area contributed by atoms with Crippen LogP contribution in [0.4, 0.5) is 4.79 Å². The van der Waals surface area contributed by atoms with Gasteiger partial charge in [-0.15, -0.1) is 0 Å². The highest BCUT2D eigenvalue weighted by molar-refractivity contribution is 5.95. The summed E-state index contributed by atoms with van der Waals surface area (Å²) in [6.07, 6.45) is 0.865. The molecular formula is C14H18N2O4. The van der Waals surface area contributed by atoms with Crippen molar-refractivity contribution in [3.05, 3.63) is 35.9 Å². The zero-order valence-corrected chi connectivity index (χ0v) is 11.3. The zero-order valence-electron chi connectivity index (χ0n) is 11.3. The lowest BCUT2D eigenvalue weighted by atomic mass is 10.2. The molecule has 2 N–H and O–H groups in total. The molecule has 3 amide bonds.